The number of carbonyl (C=O) groups is 1. The van der Waals surface area contributed by atoms with Crippen molar-refractivity contribution in [3.8, 4) is 0 Å². The van der Waals surface area contributed by atoms with Gasteiger partial charge in [0.05, 0.1) is 6.04 Å². The fourth-order valence-corrected chi connectivity index (χ4v) is 3.28. The van der Waals surface area contributed by atoms with Crippen molar-refractivity contribution in [2.24, 2.45) is 7.05 Å². The Bertz CT molecular complexity index is 836. The summed E-state index contributed by atoms with van der Waals surface area (Å²) in [5.41, 5.74) is 4.67. The lowest BCUT2D eigenvalue weighted by Crippen LogP contribution is -2.34. The molecule has 1 aliphatic rings. The van der Waals surface area contributed by atoms with Crippen LogP contribution in [0.2, 0.25) is 0 Å². The molecule has 0 saturated heterocycles. The topological polar surface area (TPSA) is 51.1 Å². The van der Waals surface area contributed by atoms with Crippen LogP contribution in [0.4, 0.5) is 0 Å². The SMILES string of the molecule is Cc1ccc(C(=O)NC(C)c2ccc3c(c2)CCCC3)c(=O)n1C. The summed E-state index contributed by atoms with van der Waals surface area (Å²) in [6, 6.07) is 9.73. The quantitative estimate of drug-likeness (QED) is 0.943. The third kappa shape index (κ3) is 3.14. The van der Waals surface area contributed by atoms with Gasteiger partial charge in [-0.05, 0) is 68.4 Å². The van der Waals surface area contributed by atoms with Crippen molar-refractivity contribution in [3.05, 3.63) is 68.6 Å². The predicted molar refractivity (Wildman–Crippen MR) is 95.4 cm³/mol. The Hall–Kier alpha value is -2.36. The highest BCUT2D eigenvalue weighted by Gasteiger charge is 2.17. The van der Waals surface area contributed by atoms with E-state index >= 15 is 0 Å². The molecule has 2 aromatic rings. The van der Waals surface area contributed by atoms with E-state index in [1.165, 1.54) is 28.5 Å². The summed E-state index contributed by atoms with van der Waals surface area (Å²) < 4.78 is 1.50. The van der Waals surface area contributed by atoms with Crippen molar-refractivity contribution in [1.29, 1.82) is 0 Å². The zero-order valence-electron chi connectivity index (χ0n) is 14.6. The van der Waals surface area contributed by atoms with Gasteiger partial charge < -0.3 is 9.88 Å². The highest BCUT2D eigenvalue weighted by Crippen LogP contribution is 2.24. The number of benzene rings is 1. The van der Waals surface area contributed by atoms with E-state index in [1.807, 2.05) is 13.8 Å². The van der Waals surface area contributed by atoms with E-state index in [9.17, 15) is 9.59 Å². The van der Waals surface area contributed by atoms with Crippen LogP contribution in [0, 0.1) is 6.92 Å². The molecule has 3 rings (SSSR count). The molecular weight excluding hydrogens is 300 g/mol. The van der Waals surface area contributed by atoms with Crippen molar-refractivity contribution >= 4 is 5.91 Å². The molecule has 0 bridgehead atoms. The van der Waals surface area contributed by atoms with E-state index in [1.54, 1.807) is 19.2 Å². The van der Waals surface area contributed by atoms with Crippen molar-refractivity contribution in [3.63, 3.8) is 0 Å². The van der Waals surface area contributed by atoms with Gasteiger partial charge in [0.25, 0.3) is 11.5 Å². The molecule has 0 aliphatic heterocycles. The largest absolute Gasteiger partial charge is 0.345 e. The molecule has 0 spiro atoms. The van der Waals surface area contributed by atoms with Gasteiger partial charge in [0.15, 0.2) is 0 Å². The Labute approximate surface area is 142 Å². The summed E-state index contributed by atoms with van der Waals surface area (Å²) in [6.45, 7) is 3.81. The first-order chi connectivity index (χ1) is 11.5. The van der Waals surface area contributed by atoms with Crippen LogP contribution in [0.5, 0.6) is 0 Å². The number of rotatable bonds is 3. The Morgan fingerprint density at radius 3 is 2.58 bits per heavy atom. The van der Waals surface area contributed by atoms with Crippen LogP contribution in [0.3, 0.4) is 0 Å². The van der Waals surface area contributed by atoms with Crippen LogP contribution in [0.25, 0.3) is 0 Å². The van der Waals surface area contributed by atoms with E-state index in [-0.39, 0.29) is 23.1 Å². The molecule has 1 N–H and O–H groups in total. The number of hydrogen-bond donors (Lipinski definition) is 1. The predicted octanol–water partition coefficient (Wildman–Crippen LogP) is 3.06. The highest BCUT2D eigenvalue weighted by molar-refractivity contribution is 5.94. The number of amides is 1. The normalized spacial score (nSPS) is 14.8. The second-order valence-electron chi connectivity index (χ2n) is 6.68. The molecule has 24 heavy (non-hydrogen) atoms. The maximum atomic E-state index is 12.5. The molecule has 4 heteroatoms. The van der Waals surface area contributed by atoms with Gasteiger partial charge in [0.2, 0.25) is 0 Å². The molecule has 0 fully saturated rings. The van der Waals surface area contributed by atoms with E-state index in [2.05, 4.69) is 23.5 Å². The Kier molecular flexibility index (Phi) is 4.56. The molecule has 1 aromatic heterocycles. The van der Waals surface area contributed by atoms with Crippen molar-refractivity contribution in [1.82, 2.24) is 9.88 Å². The van der Waals surface area contributed by atoms with Crippen LogP contribution >= 0.6 is 0 Å². The minimum atomic E-state index is -0.319. The maximum Gasteiger partial charge on any atom is 0.263 e. The van der Waals surface area contributed by atoms with Crippen LogP contribution in [0.15, 0.2) is 35.1 Å². The fraction of sp³-hybridized carbons (Fsp3) is 0.400. The highest BCUT2D eigenvalue weighted by atomic mass is 16.2. The zero-order chi connectivity index (χ0) is 17.3. The number of nitrogens with zero attached hydrogens (tertiary/aromatic N) is 1. The van der Waals surface area contributed by atoms with Crippen LogP contribution in [-0.4, -0.2) is 10.5 Å². The number of aromatic nitrogens is 1. The molecule has 4 nitrogen and oxygen atoms in total. The van der Waals surface area contributed by atoms with Crippen LogP contribution < -0.4 is 10.9 Å². The first-order valence-electron chi connectivity index (χ1n) is 8.56. The molecule has 1 aromatic carbocycles. The smallest absolute Gasteiger partial charge is 0.263 e. The first kappa shape index (κ1) is 16.5. The van der Waals surface area contributed by atoms with E-state index in [0.29, 0.717) is 0 Å². The summed E-state index contributed by atoms with van der Waals surface area (Å²) in [5.74, 6) is -0.319. The van der Waals surface area contributed by atoms with Crippen molar-refractivity contribution in [2.45, 2.75) is 45.6 Å². The summed E-state index contributed by atoms with van der Waals surface area (Å²) in [6.07, 6.45) is 4.75. The number of pyridine rings is 1. The van der Waals surface area contributed by atoms with Gasteiger partial charge in [-0.1, -0.05) is 18.2 Å². The van der Waals surface area contributed by atoms with Gasteiger partial charge >= 0.3 is 0 Å². The van der Waals surface area contributed by atoms with Gasteiger partial charge in [0.1, 0.15) is 5.56 Å². The number of carbonyl (C=O) groups excluding carboxylic acids is 1. The van der Waals surface area contributed by atoms with Crippen molar-refractivity contribution in [2.75, 3.05) is 0 Å². The first-order valence-corrected chi connectivity index (χ1v) is 8.56. The van der Waals surface area contributed by atoms with Gasteiger partial charge in [-0.3, -0.25) is 9.59 Å². The standard InChI is InChI=1S/C20H24N2O2/c1-13-8-11-18(20(24)22(13)3)19(23)21-14(2)16-10-9-15-6-4-5-7-17(15)12-16/h8-12,14H,4-7H2,1-3H3,(H,21,23). The summed E-state index contributed by atoms with van der Waals surface area (Å²) in [5, 5.41) is 2.95. The molecule has 1 amide bonds. The number of hydrogen-bond acceptors (Lipinski definition) is 2. The molecule has 0 saturated carbocycles. The maximum absolute atomic E-state index is 12.5. The third-order valence-corrected chi connectivity index (χ3v) is 5.02. The summed E-state index contributed by atoms with van der Waals surface area (Å²) >= 11 is 0. The lowest BCUT2D eigenvalue weighted by atomic mass is 9.89. The molecular formula is C20H24N2O2. The molecule has 1 aliphatic carbocycles. The number of fused-ring (bicyclic) bond motifs is 1. The summed E-state index contributed by atoms with van der Waals surface area (Å²) in [7, 11) is 1.68. The van der Waals surface area contributed by atoms with Crippen LogP contribution in [-0.2, 0) is 19.9 Å². The second-order valence-corrected chi connectivity index (χ2v) is 6.68. The van der Waals surface area contributed by atoms with Gasteiger partial charge in [-0.15, -0.1) is 0 Å². The lowest BCUT2D eigenvalue weighted by molar-refractivity contribution is 0.0938. The van der Waals surface area contributed by atoms with E-state index in [0.717, 1.165) is 24.1 Å². The third-order valence-electron chi connectivity index (χ3n) is 5.02. The van der Waals surface area contributed by atoms with Gasteiger partial charge in [0, 0.05) is 12.7 Å². The number of nitrogens with one attached hydrogen (secondary N) is 1. The summed E-state index contributed by atoms with van der Waals surface area (Å²) in [4.78, 5) is 24.7. The second kappa shape index (κ2) is 6.63. The Balaban J connectivity index is 1.80. The minimum absolute atomic E-state index is 0.129. The minimum Gasteiger partial charge on any atom is -0.345 e. The average molecular weight is 324 g/mol. The lowest BCUT2D eigenvalue weighted by Gasteiger charge is -2.20. The Morgan fingerprint density at radius 1 is 1.12 bits per heavy atom. The van der Waals surface area contributed by atoms with Crippen LogP contribution in [0.1, 0.15) is 58.5 Å². The van der Waals surface area contributed by atoms with E-state index < -0.39 is 0 Å². The molecule has 126 valence electrons. The monoisotopic (exact) mass is 324 g/mol. The van der Waals surface area contributed by atoms with Gasteiger partial charge in [-0.2, -0.15) is 0 Å². The molecule has 0 radical (unpaired) electrons. The molecule has 1 atom stereocenters. The molecule has 1 heterocycles. The number of aryl methyl sites for hydroxylation is 3. The van der Waals surface area contributed by atoms with Gasteiger partial charge in [-0.25, -0.2) is 0 Å². The van der Waals surface area contributed by atoms with E-state index in [4.69, 9.17) is 0 Å². The fourth-order valence-electron chi connectivity index (χ4n) is 3.28. The molecule has 1 unspecified atom stereocenters. The zero-order valence-corrected chi connectivity index (χ0v) is 14.6. The Morgan fingerprint density at radius 2 is 1.83 bits per heavy atom. The van der Waals surface area contributed by atoms with Crippen molar-refractivity contribution < 1.29 is 4.79 Å². The average Bonchev–Trinajstić information content (AvgIpc) is 2.59.